The predicted octanol–water partition coefficient (Wildman–Crippen LogP) is 6.26. The lowest BCUT2D eigenvalue weighted by Crippen LogP contribution is -2.30. The van der Waals surface area contributed by atoms with Gasteiger partial charge in [0.1, 0.15) is 5.76 Å². The Morgan fingerprint density at radius 3 is 2.41 bits per heavy atom. The van der Waals surface area contributed by atoms with E-state index in [9.17, 15) is 20.0 Å². The molecule has 1 aliphatic rings. The molecule has 1 aliphatic carbocycles. The van der Waals surface area contributed by atoms with E-state index in [1.54, 1.807) is 12.1 Å². The van der Waals surface area contributed by atoms with Crippen molar-refractivity contribution >= 4 is 33.6 Å². The van der Waals surface area contributed by atoms with Crippen LogP contribution in [-0.2, 0) is 11.2 Å². The summed E-state index contributed by atoms with van der Waals surface area (Å²) in [4.78, 5) is 28.3. The largest absolute Gasteiger partial charge is 0.511 e. The van der Waals surface area contributed by atoms with Gasteiger partial charge in [0.05, 0.1) is 21.9 Å². The molecule has 0 fully saturated rings. The Bertz CT molecular complexity index is 1270. The first-order valence-electron chi connectivity index (χ1n) is 10.5. The standard InChI is InChI=1S/C26H24N2O4/c1-26(2)15-23(29)25(24(30)16-26)22(27-19-10-12-20(13-11-19)28(31)32)14-18-8-5-7-17-6-3-4-9-21(17)18/h3-13,29H,14-16H2,1-2H3. The van der Waals surface area contributed by atoms with Crippen molar-refractivity contribution in [2.24, 2.45) is 10.4 Å². The van der Waals surface area contributed by atoms with Gasteiger partial charge in [0.2, 0.25) is 0 Å². The van der Waals surface area contributed by atoms with E-state index in [2.05, 4.69) is 4.99 Å². The molecule has 0 atom stereocenters. The number of carbonyl (C=O) groups is 1. The minimum Gasteiger partial charge on any atom is -0.511 e. The molecule has 0 amide bonds. The van der Waals surface area contributed by atoms with E-state index in [0.717, 1.165) is 16.3 Å². The molecule has 0 spiro atoms. The second-order valence-electron chi connectivity index (χ2n) is 8.91. The van der Waals surface area contributed by atoms with Crippen LogP contribution in [0.2, 0.25) is 0 Å². The number of rotatable bonds is 5. The second kappa shape index (κ2) is 8.38. The Labute approximate surface area is 186 Å². The highest BCUT2D eigenvalue weighted by Gasteiger charge is 2.35. The number of allylic oxidation sites excluding steroid dienone is 2. The smallest absolute Gasteiger partial charge is 0.269 e. The van der Waals surface area contributed by atoms with Gasteiger partial charge in [-0.2, -0.15) is 0 Å². The van der Waals surface area contributed by atoms with Crippen LogP contribution in [0.4, 0.5) is 11.4 Å². The van der Waals surface area contributed by atoms with Gasteiger partial charge >= 0.3 is 0 Å². The third-order valence-electron chi connectivity index (χ3n) is 5.70. The number of nitro groups is 1. The number of benzene rings is 3. The number of aliphatic hydroxyl groups excluding tert-OH is 1. The van der Waals surface area contributed by atoms with Crippen LogP contribution in [0, 0.1) is 15.5 Å². The minimum atomic E-state index is -0.467. The molecule has 0 saturated heterocycles. The quantitative estimate of drug-likeness (QED) is 0.295. The van der Waals surface area contributed by atoms with E-state index in [0.29, 0.717) is 30.7 Å². The van der Waals surface area contributed by atoms with Crippen molar-refractivity contribution in [1.82, 2.24) is 0 Å². The lowest BCUT2D eigenvalue weighted by atomic mass is 9.75. The minimum absolute atomic E-state index is 0.0305. The van der Waals surface area contributed by atoms with Crippen LogP contribution in [0.5, 0.6) is 0 Å². The van der Waals surface area contributed by atoms with Gasteiger partial charge in [0.15, 0.2) is 5.78 Å². The lowest BCUT2D eigenvalue weighted by molar-refractivity contribution is -0.384. The summed E-state index contributed by atoms with van der Waals surface area (Å²) in [6.07, 6.45) is 1.06. The zero-order valence-corrected chi connectivity index (χ0v) is 18.0. The van der Waals surface area contributed by atoms with E-state index in [4.69, 9.17) is 0 Å². The number of Topliss-reactive ketones (excluding diaryl/α,β-unsaturated/α-hetero) is 1. The molecule has 6 nitrogen and oxygen atoms in total. The van der Waals surface area contributed by atoms with Crippen LogP contribution in [0.15, 0.2) is 83.1 Å². The van der Waals surface area contributed by atoms with Crippen molar-refractivity contribution in [3.63, 3.8) is 0 Å². The zero-order valence-electron chi connectivity index (χ0n) is 18.0. The van der Waals surface area contributed by atoms with E-state index >= 15 is 0 Å². The normalized spacial score (nSPS) is 16.4. The van der Waals surface area contributed by atoms with Gasteiger partial charge in [-0.05, 0) is 33.9 Å². The summed E-state index contributed by atoms with van der Waals surface area (Å²) in [5.41, 5.74) is 1.86. The highest BCUT2D eigenvalue weighted by Crippen LogP contribution is 2.37. The molecular formula is C26H24N2O4. The molecule has 0 saturated carbocycles. The van der Waals surface area contributed by atoms with E-state index < -0.39 is 4.92 Å². The van der Waals surface area contributed by atoms with E-state index in [-0.39, 0.29) is 28.2 Å². The van der Waals surface area contributed by atoms with Gasteiger partial charge in [-0.25, -0.2) is 0 Å². The summed E-state index contributed by atoms with van der Waals surface area (Å²) in [5.74, 6) is -0.0909. The first-order valence-corrected chi connectivity index (χ1v) is 10.5. The SMILES string of the molecule is CC1(C)CC(=O)C(C(Cc2cccc3ccccc23)=Nc2ccc([N+](=O)[O-])cc2)=C(O)C1. The molecule has 3 aromatic carbocycles. The van der Waals surface area contributed by atoms with Crippen molar-refractivity contribution in [3.05, 3.63) is 93.7 Å². The molecule has 0 aromatic heterocycles. The topological polar surface area (TPSA) is 92.8 Å². The predicted molar refractivity (Wildman–Crippen MR) is 126 cm³/mol. The fourth-order valence-corrected chi connectivity index (χ4v) is 4.23. The summed E-state index contributed by atoms with van der Waals surface area (Å²) >= 11 is 0. The number of ketones is 1. The van der Waals surface area contributed by atoms with Crippen molar-refractivity contribution in [2.45, 2.75) is 33.1 Å². The van der Waals surface area contributed by atoms with Gasteiger partial charge < -0.3 is 5.11 Å². The van der Waals surface area contributed by atoms with Gasteiger partial charge in [-0.3, -0.25) is 19.9 Å². The van der Waals surface area contributed by atoms with Crippen LogP contribution in [-0.4, -0.2) is 21.5 Å². The van der Waals surface area contributed by atoms with Crippen molar-refractivity contribution in [1.29, 1.82) is 0 Å². The molecule has 0 radical (unpaired) electrons. The molecule has 162 valence electrons. The summed E-state index contributed by atoms with van der Waals surface area (Å²) in [5, 5.41) is 23.9. The average molecular weight is 428 g/mol. The number of aliphatic hydroxyl groups is 1. The Morgan fingerprint density at radius 2 is 1.72 bits per heavy atom. The maximum atomic E-state index is 13.1. The van der Waals surface area contributed by atoms with Crippen molar-refractivity contribution in [3.8, 4) is 0 Å². The van der Waals surface area contributed by atoms with Gasteiger partial charge in [0, 0.05) is 31.4 Å². The number of aliphatic imine (C=N–C) groups is 1. The fourth-order valence-electron chi connectivity index (χ4n) is 4.23. The second-order valence-corrected chi connectivity index (χ2v) is 8.91. The number of non-ortho nitro benzene ring substituents is 1. The number of fused-ring (bicyclic) bond motifs is 1. The molecule has 32 heavy (non-hydrogen) atoms. The molecule has 0 heterocycles. The van der Waals surface area contributed by atoms with Crippen molar-refractivity contribution in [2.75, 3.05) is 0 Å². The average Bonchev–Trinajstić information content (AvgIpc) is 2.73. The Morgan fingerprint density at radius 1 is 1.03 bits per heavy atom. The Kier molecular flexibility index (Phi) is 5.61. The first-order chi connectivity index (χ1) is 15.2. The first kappa shape index (κ1) is 21.4. The van der Waals surface area contributed by atoms with Crippen LogP contribution < -0.4 is 0 Å². The van der Waals surface area contributed by atoms with E-state index in [1.807, 2.05) is 56.3 Å². The highest BCUT2D eigenvalue weighted by atomic mass is 16.6. The number of nitrogens with zero attached hydrogens (tertiary/aromatic N) is 2. The molecule has 6 heteroatoms. The lowest BCUT2D eigenvalue weighted by Gasteiger charge is -2.30. The van der Waals surface area contributed by atoms with Crippen LogP contribution in [0.3, 0.4) is 0 Å². The molecule has 3 aromatic rings. The summed E-state index contributed by atoms with van der Waals surface area (Å²) in [6, 6.07) is 19.8. The van der Waals surface area contributed by atoms with Crippen LogP contribution in [0.1, 0.15) is 32.3 Å². The monoisotopic (exact) mass is 428 g/mol. The summed E-state index contributed by atoms with van der Waals surface area (Å²) in [7, 11) is 0. The summed E-state index contributed by atoms with van der Waals surface area (Å²) in [6.45, 7) is 3.91. The number of hydrogen-bond donors (Lipinski definition) is 1. The molecule has 0 unspecified atom stereocenters. The number of nitro benzene ring substituents is 1. The number of hydrogen-bond acceptors (Lipinski definition) is 5. The molecule has 1 N–H and O–H groups in total. The third kappa shape index (κ3) is 4.44. The molecular weight excluding hydrogens is 404 g/mol. The zero-order chi connectivity index (χ0) is 22.9. The third-order valence-corrected chi connectivity index (χ3v) is 5.70. The molecule has 4 rings (SSSR count). The van der Waals surface area contributed by atoms with Crippen molar-refractivity contribution < 1.29 is 14.8 Å². The maximum Gasteiger partial charge on any atom is 0.269 e. The fraction of sp³-hybridized carbons (Fsp3) is 0.231. The molecule has 0 bridgehead atoms. The molecule has 0 aliphatic heterocycles. The Hall–Kier alpha value is -3.80. The van der Waals surface area contributed by atoms with Gasteiger partial charge in [-0.15, -0.1) is 0 Å². The van der Waals surface area contributed by atoms with Crippen LogP contribution in [0.25, 0.3) is 10.8 Å². The maximum absolute atomic E-state index is 13.1. The van der Waals surface area contributed by atoms with Gasteiger partial charge in [0.25, 0.3) is 5.69 Å². The number of carbonyl (C=O) groups excluding carboxylic acids is 1. The Balaban J connectivity index is 1.83. The van der Waals surface area contributed by atoms with Gasteiger partial charge in [-0.1, -0.05) is 56.3 Å². The van der Waals surface area contributed by atoms with Crippen LogP contribution >= 0.6 is 0 Å². The van der Waals surface area contributed by atoms with E-state index in [1.165, 1.54) is 12.1 Å². The summed E-state index contributed by atoms with van der Waals surface area (Å²) < 4.78 is 0. The highest BCUT2D eigenvalue weighted by molar-refractivity contribution is 6.24.